The third-order valence-corrected chi connectivity index (χ3v) is 2.63. The average Bonchev–Trinajstić information content (AvgIpc) is 2.00. The highest BCUT2D eigenvalue weighted by Crippen LogP contribution is 2.04. The smallest absolute Gasteiger partial charge is 0.154 e. The van der Waals surface area contributed by atoms with Crippen LogP contribution in [0.3, 0.4) is 0 Å². The summed E-state index contributed by atoms with van der Waals surface area (Å²) in [7, 11) is -3.14. The molecule has 0 aliphatic carbocycles. The van der Waals surface area contributed by atoms with E-state index in [2.05, 4.69) is 6.58 Å². The molecule has 0 fully saturated rings. The minimum Gasteiger partial charge on any atom is -0.299 e. The van der Waals surface area contributed by atoms with E-state index >= 15 is 0 Å². The summed E-state index contributed by atoms with van der Waals surface area (Å²) in [4.78, 5) is 11.1. The summed E-state index contributed by atoms with van der Waals surface area (Å²) in [5, 5.41) is 0. The predicted molar refractivity (Wildman–Crippen MR) is 58.0 cm³/mol. The van der Waals surface area contributed by atoms with E-state index in [9.17, 15) is 13.2 Å². The lowest BCUT2D eigenvalue weighted by Gasteiger charge is -1.99. The maximum Gasteiger partial charge on any atom is 0.154 e. The Morgan fingerprint density at radius 1 is 1.29 bits per heavy atom. The number of ketones is 1. The second-order valence-electron chi connectivity index (χ2n) is 3.50. The quantitative estimate of drug-likeness (QED) is 0.460. The van der Waals surface area contributed by atoms with Crippen molar-refractivity contribution < 1.29 is 13.2 Å². The van der Waals surface area contributed by atoms with Gasteiger partial charge < -0.3 is 0 Å². The standard InChI is InChI=1S/C10H18O3S/c1-3-4-5-6-7-8-10(11)9-14(2,12)13/h3H,1,4-9H2,2H3. The Balaban J connectivity index is 3.50. The number of hydrogen-bond donors (Lipinski definition) is 0. The van der Waals surface area contributed by atoms with Gasteiger partial charge in [0.05, 0.1) is 0 Å². The molecule has 4 heteroatoms. The van der Waals surface area contributed by atoms with E-state index in [1.165, 1.54) is 0 Å². The van der Waals surface area contributed by atoms with E-state index in [4.69, 9.17) is 0 Å². The second kappa shape index (κ2) is 6.76. The number of allylic oxidation sites excluding steroid dienone is 1. The number of hydrogen-bond acceptors (Lipinski definition) is 3. The Morgan fingerprint density at radius 2 is 1.93 bits per heavy atom. The Hall–Kier alpha value is -0.640. The van der Waals surface area contributed by atoms with Crippen LogP contribution in [-0.4, -0.2) is 26.2 Å². The van der Waals surface area contributed by atoms with Crippen molar-refractivity contribution in [3.63, 3.8) is 0 Å². The maximum atomic E-state index is 11.1. The summed E-state index contributed by atoms with van der Waals surface area (Å²) in [6.45, 7) is 3.60. The molecule has 0 amide bonds. The number of rotatable bonds is 8. The predicted octanol–water partition coefficient (Wildman–Crippen LogP) is 1.74. The second-order valence-corrected chi connectivity index (χ2v) is 5.64. The van der Waals surface area contributed by atoms with Gasteiger partial charge in [0.15, 0.2) is 9.84 Å². The number of unbranched alkanes of at least 4 members (excludes halogenated alkanes) is 3. The Labute approximate surface area is 86.1 Å². The number of sulfone groups is 1. The van der Waals surface area contributed by atoms with Crippen LogP contribution < -0.4 is 0 Å². The van der Waals surface area contributed by atoms with E-state index < -0.39 is 9.84 Å². The van der Waals surface area contributed by atoms with Gasteiger partial charge in [-0.2, -0.15) is 0 Å². The third kappa shape index (κ3) is 9.45. The molecule has 0 N–H and O–H groups in total. The molecule has 0 bridgehead atoms. The van der Waals surface area contributed by atoms with Crippen LogP contribution in [0.1, 0.15) is 32.1 Å². The molecule has 0 radical (unpaired) electrons. The summed E-state index contributed by atoms with van der Waals surface area (Å²) in [6.07, 6.45) is 7.03. The topological polar surface area (TPSA) is 51.2 Å². The van der Waals surface area contributed by atoms with Crippen LogP contribution >= 0.6 is 0 Å². The zero-order chi connectivity index (χ0) is 11.0. The highest BCUT2D eigenvalue weighted by molar-refractivity contribution is 7.91. The van der Waals surface area contributed by atoms with Gasteiger partial charge in [0.2, 0.25) is 0 Å². The van der Waals surface area contributed by atoms with Crippen LogP contribution in [0.25, 0.3) is 0 Å². The molecular weight excluding hydrogens is 200 g/mol. The molecule has 82 valence electrons. The molecule has 0 unspecified atom stereocenters. The molecule has 0 aliphatic heterocycles. The summed E-state index contributed by atoms with van der Waals surface area (Å²) >= 11 is 0. The minimum atomic E-state index is -3.14. The van der Waals surface area contributed by atoms with Crippen molar-refractivity contribution in [2.75, 3.05) is 12.0 Å². The zero-order valence-electron chi connectivity index (χ0n) is 8.66. The normalized spacial score (nSPS) is 11.2. The van der Waals surface area contributed by atoms with Crippen molar-refractivity contribution in [3.8, 4) is 0 Å². The SMILES string of the molecule is C=CCCCCCC(=O)CS(C)(=O)=O. The highest BCUT2D eigenvalue weighted by atomic mass is 32.2. The molecule has 3 nitrogen and oxygen atoms in total. The van der Waals surface area contributed by atoms with E-state index in [1.807, 2.05) is 6.08 Å². The molecule has 0 aromatic heterocycles. The zero-order valence-corrected chi connectivity index (χ0v) is 9.48. The molecular formula is C10H18O3S. The first-order valence-electron chi connectivity index (χ1n) is 4.76. The number of carbonyl (C=O) groups is 1. The summed E-state index contributed by atoms with van der Waals surface area (Å²) in [5.74, 6) is -0.486. The van der Waals surface area contributed by atoms with E-state index in [0.717, 1.165) is 31.9 Å². The van der Waals surface area contributed by atoms with Crippen molar-refractivity contribution in [3.05, 3.63) is 12.7 Å². The fourth-order valence-electron chi connectivity index (χ4n) is 1.15. The fraction of sp³-hybridized carbons (Fsp3) is 0.700. The molecule has 0 rings (SSSR count). The van der Waals surface area contributed by atoms with E-state index in [0.29, 0.717) is 6.42 Å². The molecule has 0 heterocycles. The maximum absolute atomic E-state index is 11.1. The Morgan fingerprint density at radius 3 is 2.43 bits per heavy atom. The van der Waals surface area contributed by atoms with Gasteiger partial charge in [-0.15, -0.1) is 6.58 Å². The van der Waals surface area contributed by atoms with Crippen molar-refractivity contribution in [2.24, 2.45) is 0 Å². The minimum absolute atomic E-state index is 0.175. The van der Waals surface area contributed by atoms with Crippen LogP contribution in [0, 0.1) is 0 Å². The van der Waals surface area contributed by atoms with Gasteiger partial charge >= 0.3 is 0 Å². The van der Waals surface area contributed by atoms with Crippen molar-refractivity contribution in [1.29, 1.82) is 0 Å². The van der Waals surface area contributed by atoms with Crippen LogP contribution in [0.4, 0.5) is 0 Å². The van der Waals surface area contributed by atoms with Crippen molar-refractivity contribution in [1.82, 2.24) is 0 Å². The Bertz CT molecular complexity index is 278. The van der Waals surface area contributed by atoms with Gasteiger partial charge in [-0.05, 0) is 19.3 Å². The lowest BCUT2D eigenvalue weighted by Crippen LogP contribution is -2.13. The summed E-state index contributed by atoms with van der Waals surface area (Å²) < 4.78 is 21.5. The van der Waals surface area contributed by atoms with E-state index in [1.54, 1.807) is 0 Å². The average molecular weight is 218 g/mol. The molecule has 14 heavy (non-hydrogen) atoms. The first kappa shape index (κ1) is 13.4. The monoisotopic (exact) mass is 218 g/mol. The third-order valence-electron chi connectivity index (χ3n) is 1.79. The molecule has 0 atom stereocenters. The number of Topliss-reactive ketones (excluding diaryl/α,β-unsaturated/α-hetero) is 1. The van der Waals surface area contributed by atoms with Crippen molar-refractivity contribution in [2.45, 2.75) is 32.1 Å². The van der Waals surface area contributed by atoms with Gasteiger partial charge in [0.25, 0.3) is 0 Å². The van der Waals surface area contributed by atoms with Gasteiger partial charge in [0.1, 0.15) is 11.5 Å². The summed E-state index contributed by atoms with van der Waals surface area (Å²) in [6, 6.07) is 0. The molecule has 0 saturated heterocycles. The van der Waals surface area contributed by atoms with Crippen LogP contribution in [0.15, 0.2) is 12.7 Å². The molecule has 0 aromatic rings. The first-order chi connectivity index (χ1) is 6.45. The Kier molecular flexibility index (Phi) is 6.45. The van der Waals surface area contributed by atoms with Crippen LogP contribution in [0.5, 0.6) is 0 Å². The highest BCUT2D eigenvalue weighted by Gasteiger charge is 2.09. The van der Waals surface area contributed by atoms with Gasteiger partial charge in [0, 0.05) is 12.7 Å². The largest absolute Gasteiger partial charge is 0.299 e. The van der Waals surface area contributed by atoms with Gasteiger partial charge in [-0.1, -0.05) is 12.5 Å². The summed E-state index contributed by atoms with van der Waals surface area (Å²) in [5.41, 5.74) is 0. The van der Waals surface area contributed by atoms with Crippen LogP contribution in [0.2, 0.25) is 0 Å². The first-order valence-corrected chi connectivity index (χ1v) is 6.82. The molecule has 0 aliphatic rings. The van der Waals surface area contributed by atoms with Gasteiger partial charge in [-0.3, -0.25) is 4.79 Å². The molecule has 0 saturated carbocycles. The fourth-order valence-corrected chi connectivity index (χ4v) is 1.88. The lowest BCUT2D eigenvalue weighted by molar-refractivity contribution is -0.116. The number of carbonyl (C=O) groups excluding carboxylic acids is 1. The molecule has 0 aromatic carbocycles. The van der Waals surface area contributed by atoms with Crippen molar-refractivity contribution >= 4 is 15.6 Å². The molecule has 0 spiro atoms. The van der Waals surface area contributed by atoms with Crippen LogP contribution in [-0.2, 0) is 14.6 Å². The lowest BCUT2D eigenvalue weighted by atomic mass is 10.1. The van der Waals surface area contributed by atoms with E-state index in [-0.39, 0.29) is 11.5 Å². The van der Waals surface area contributed by atoms with Gasteiger partial charge in [-0.25, -0.2) is 8.42 Å².